The van der Waals surface area contributed by atoms with E-state index in [1.54, 1.807) is 0 Å². The van der Waals surface area contributed by atoms with Crippen LogP contribution in [-0.4, -0.2) is 16.3 Å². The first kappa shape index (κ1) is 17.7. The summed E-state index contributed by atoms with van der Waals surface area (Å²) in [6.07, 6.45) is 4.26. The molecule has 4 heteroatoms. The van der Waals surface area contributed by atoms with E-state index >= 15 is 0 Å². The molecule has 0 aliphatic rings. The van der Waals surface area contributed by atoms with Gasteiger partial charge in [-0.05, 0) is 53.5 Å². The summed E-state index contributed by atoms with van der Waals surface area (Å²) in [5.74, 6) is 0. The van der Waals surface area contributed by atoms with Gasteiger partial charge in [-0.2, -0.15) is 10.4 Å². The highest BCUT2D eigenvalue weighted by molar-refractivity contribution is 5.24. The summed E-state index contributed by atoms with van der Waals surface area (Å²) in [5.41, 5.74) is 3.54. The number of unbranched alkanes of at least 4 members (excludes halogenated alkanes) is 1. The minimum Gasteiger partial charge on any atom is -0.313 e. The number of rotatable bonds is 9. The van der Waals surface area contributed by atoms with Crippen molar-refractivity contribution < 1.29 is 0 Å². The standard InChI is InChI=1S/C17H30N4/c1-6-10-19-12-16-14(2)20-21(15(16)3)11-8-7-9-17(4,5)13-18/h19H,6-12H2,1-5H3. The molecular formula is C17H30N4. The van der Waals surface area contributed by atoms with Gasteiger partial charge >= 0.3 is 0 Å². The molecule has 1 heterocycles. The molecule has 0 atom stereocenters. The fraction of sp³-hybridized carbons (Fsp3) is 0.765. The lowest BCUT2D eigenvalue weighted by atomic mass is 9.89. The van der Waals surface area contributed by atoms with Gasteiger partial charge in [0.2, 0.25) is 0 Å². The van der Waals surface area contributed by atoms with E-state index in [9.17, 15) is 0 Å². The number of nitriles is 1. The van der Waals surface area contributed by atoms with Crippen LogP contribution in [0.2, 0.25) is 0 Å². The Morgan fingerprint density at radius 2 is 2.00 bits per heavy atom. The van der Waals surface area contributed by atoms with E-state index in [2.05, 4.69) is 41.9 Å². The molecule has 1 rings (SSSR count). The lowest BCUT2D eigenvalue weighted by molar-refractivity contribution is 0.410. The average Bonchev–Trinajstić information content (AvgIpc) is 2.71. The Kier molecular flexibility index (Phi) is 6.91. The lowest BCUT2D eigenvalue weighted by Crippen LogP contribution is -2.15. The highest BCUT2D eigenvalue weighted by Crippen LogP contribution is 2.22. The molecule has 0 aliphatic heterocycles. The van der Waals surface area contributed by atoms with Crippen molar-refractivity contribution in [3.05, 3.63) is 17.0 Å². The van der Waals surface area contributed by atoms with Crippen LogP contribution in [-0.2, 0) is 13.1 Å². The second-order valence-corrected chi connectivity index (χ2v) is 6.50. The van der Waals surface area contributed by atoms with Crippen molar-refractivity contribution in [2.24, 2.45) is 5.41 Å². The van der Waals surface area contributed by atoms with E-state index in [0.29, 0.717) is 0 Å². The molecule has 0 fully saturated rings. The molecule has 0 bridgehead atoms. The van der Waals surface area contributed by atoms with Crippen LogP contribution in [0.4, 0.5) is 0 Å². The molecule has 1 N–H and O–H groups in total. The van der Waals surface area contributed by atoms with Crippen molar-refractivity contribution in [2.75, 3.05) is 6.54 Å². The summed E-state index contributed by atoms with van der Waals surface area (Å²) in [6, 6.07) is 2.36. The normalized spacial score (nSPS) is 11.6. The highest BCUT2D eigenvalue weighted by Gasteiger charge is 2.16. The molecule has 0 spiro atoms. The molecular weight excluding hydrogens is 260 g/mol. The monoisotopic (exact) mass is 290 g/mol. The largest absolute Gasteiger partial charge is 0.313 e. The van der Waals surface area contributed by atoms with Gasteiger partial charge in [0.05, 0.1) is 17.2 Å². The minimum atomic E-state index is -0.204. The van der Waals surface area contributed by atoms with Crippen LogP contribution in [0, 0.1) is 30.6 Å². The van der Waals surface area contributed by atoms with E-state index < -0.39 is 0 Å². The van der Waals surface area contributed by atoms with Gasteiger partial charge in [-0.3, -0.25) is 4.68 Å². The third kappa shape index (κ3) is 5.51. The van der Waals surface area contributed by atoms with Crippen LogP contribution in [0.1, 0.15) is 63.4 Å². The number of aromatic nitrogens is 2. The molecule has 0 radical (unpaired) electrons. The van der Waals surface area contributed by atoms with Crippen molar-refractivity contribution in [3.63, 3.8) is 0 Å². The molecule has 1 aromatic heterocycles. The molecule has 0 saturated carbocycles. The van der Waals surface area contributed by atoms with Crippen LogP contribution in [0.5, 0.6) is 0 Å². The second-order valence-electron chi connectivity index (χ2n) is 6.50. The first-order valence-corrected chi connectivity index (χ1v) is 8.06. The SMILES string of the molecule is CCCNCc1c(C)nn(CCCCC(C)(C)C#N)c1C. The van der Waals surface area contributed by atoms with Gasteiger partial charge < -0.3 is 5.32 Å². The van der Waals surface area contributed by atoms with Crippen molar-refractivity contribution in [1.82, 2.24) is 15.1 Å². The summed E-state index contributed by atoms with van der Waals surface area (Å²) >= 11 is 0. The third-order valence-corrected chi connectivity index (χ3v) is 3.98. The number of aryl methyl sites for hydroxylation is 2. The average molecular weight is 290 g/mol. The first-order valence-electron chi connectivity index (χ1n) is 8.06. The van der Waals surface area contributed by atoms with Crippen molar-refractivity contribution in [1.29, 1.82) is 5.26 Å². The fourth-order valence-corrected chi connectivity index (χ4v) is 2.48. The van der Waals surface area contributed by atoms with Crippen LogP contribution in [0.3, 0.4) is 0 Å². The van der Waals surface area contributed by atoms with E-state index in [1.165, 1.54) is 11.3 Å². The predicted molar refractivity (Wildman–Crippen MR) is 86.9 cm³/mol. The maximum Gasteiger partial charge on any atom is 0.0683 e. The predicted octanol–water partition coefficient (Wildman–Crippen LogP) is 3.72. The highest BCUT2D eigenvalue weighted by atomic mass is 15.3. The van der Waals surface area contributed by atoms with Gasteiger partial charge in [0.1, 0.15) is 0 Å². The summed E-state index contributed by atoms with van der Waals surface area (Å²) in [7, 11) is 0. The number of hydrogen-bond acceptors (Lipinski definition) is 3. The molecule has 1 aromatic rings. The number of nitrogens with one attached hydrogen (secondary N) is 1. The summed E-state index contributed by atoms with van der Waals surface area (Å²) in [4.78, 5) is 0. The first-order chi connectivity index (χ1) is 9.91. The molecule has 21 heavy (non-hydrogen) atoms. The molecule has 4 nitrogen and oxygen atoms in total. The van der Waals surface area contributed by atoms with E-state index in [1.807, 2.05) is 13.8 Å². The Morgan fingerprint density at radius 3 is 2.62 bits per heavy atom. The van der Waals surface area contributed by atoms with Crippen molar-refractivity contribution >= 4 is 0 Å². The van der Waals surface area contributed by atoms with Crippen molar-refractivity contribution in [3.8, 4) is 6.07 Å². The smallest absolute Gasteiger partial charge is 0.0683 e. The fourth-order valence-electron chi connectivity index (χ4n) is 2.48. The number of hydrogen-bond donors (Lipinski definition) is 1. The quantitative estimate of drug-likeness (QED) is 0.705. The summed E-state index contributed by atoms with van der Waals surface area (Å²) in [6.45, 7) is 13.3. The third-order valence-electron chi connectivity index (χ3n) is 3.98. The molecule has 118 valence electrons. The van der Waals surface area contributed by atoms with Gasteiger partial charge in [-0.1, -0.05) is 13.3 Å². The Hall–Kier alpha value is -1.34. The molecule has 0 aromatic carbocycles. The van der Waals surface area contributed by atoms with Gasteiger partial charge in [0, 0.05) is 24.3 Å². The number of nitrogens with zero attached hydrogens (tertiary/aromatic N) is 3. The molecule has 0 unspecified atom stereocenters. The Labute approximate surface area is 129 Å². The van der Waals surface area contributed by atoms with Crippen LogP contribution in [0.25, 0.3) is 0 Å². The molecule has 0 saturated heterocycles. The zero-order valence-corrected chi connectivity index (χ0v) is 14.3. The topological polar surface area (TPSA) is 53.6 Å². The lowest BCUT2D eigenvalue weighted by Gasteiger charge is -2.14. The summed E-state index contributed by atoms with van der Waals surface area (Å²) in [5, 5.41) is 17.1. The second kappa shape index (κ2) is 8.19. The van der Waals surface area contributed by atoms with Gasteiger partial charge in [0.15, 0.2) is 0 Å². The summed E-state index contributed by atoms with van der Waals surface area (Å²) < 4.78 is 2.12. The van der Waals surface area contributed by atoms with Gasteiger partial charge in [0.25, 0.3) is 0 Å². The van der Waals surface area contributed by atoms with Gasteiger partial charge in [-0.15, -0.1) is 0 Å². The van der Waals surface area contributed by atoms with E-state index in [4.69, 9.17) is 5.26 Å². The Morgan fingerprint density at radius 1 is 1.29 bits per heavy atom. The Bertz CT molecular complexity index is 480. The van der Waals surface area contributed by atoms with Crippen LogP contribution >= 0.6 is 0 Å². The maximum absolute atomic E-state index is 9.02. The Balaban J connectivity index is 2.49. The van der Waals surface area contributed by atoms with Crippen molar-refractivity contribution in [2.45, 2.75) is 73.4 Å². The van der Waals surface area contributed by atoms with Crippen LogP contribution < -0.4 is 5.32 Å². The maximum atomic E-state index is 9.02. The van der Waals surface area contributed by atoms with Crippen LogP contribution in [0.15, 0.2) is 0 Å². The van der Waals surface area contributed by atoms with Gasteiger partial charge in [-0.25, -0.2) is 0 Å². The molecule has 0 aliphatic carbocycles. The van der Waals surface area contributed by atoms with E-state index in [-0.39, 0.29) is 5.41 Å². The van der Waals surface area contributed by atoms with E-state index in [0.717, 1.165) is 51.0 Å². The molecule has 0 amide bonds. The zero-order valence-electron chi connectivity index (χ0n) is 14.3. The zero-order chi connectivity index (χ0) is 15.9. The minimum absolute atomic E-state index is 0.204.